The Labute approximate surface area is 77.9 Å². The third-order valence-corrected chi connectivity index (χ3v) is 3.60. The van der Waals surface area contributed by atoms with Gasteiger partial charge in [0.1, 0.15) is 0 Å². The molecule has 1 aliphatic carbocycles. The van der Waals surface area contributed by atoms with E-state index < -0.39 is 0 Å². The normalized spacial score (nSPS) is 39.6. The molecule has 1 N–H and O–H groups in total. The molecule has 0 spiro atoms. The van der Waals surface area contributed by atoms with Crippen LogP contribution < -0.4 is 5.32 Å². The zero-order valence-corrected chi connectivity index (χ0v) is 7.93. The van der Waals surface area contributed by atoms with E-state index in [0.717, 1.165) is 19.3 Å². The first kappa shape index (κ1) is 8.73. The van der Waals surface area contributed by atoms with Gasteiger partial charge in [-0.25, -0.2) is 0 Å². The van der Waals surface area contributed by atoms with Gasteiger partial charge in [0.05, 0.1) is 5.41 Å². The van der Waals surface area contributed by atoms with Gasteiger partial charge in [-0.15, -0.1) is 0 Å². The van der Waals surface area contributed by atoms with Crippen molar-refractivity contribution in [3.05, 3.63) is 0 Å². The molecule has 3 nitrogen and oxygen atoms in total. The highest BCUT2D eigenvalue weighted by Gasteiger charge is 2.47. The molecule has 0 unspecified atom stereocenters. The van der Waals surface area contributed by atoms with Crippen molar-refractivity contribution < 1.29 is 9.59 Å². The molecule has 13 heavy (non-hydrogen) atoms. The number of imide groups is 1. The second kappa shape index (κ2) is 2.82. The Bertz CT molecular complexity index is 262. The van der Waals surface area contributed by atoms with Gasteiger partial charge in [-0.05, 0) is 18.8 Å². The Kier molecular flexibility index (Phi) is 1.90. The molecule has 1 heterocycles. The molecular formula is C10H15NO2. The number of fused-ring (bicyclic) bond motifs is 1. The van der Waals surface area contributed by atoms with Crippen molar-refractivity contribution >= 4 is 11.8 Å². The summed E-state index contributed by atoms with van der Waals surface area (Å²) in [5, 5.41) is 2.44. The molecule has 0 bridgehead atoms. The molecule has 2 rings (SSSR count). The van der Waals surface area contributed by atoms with Crippen molar-refractivity contribution in [3.8, 4) is 0 Å². The fraction of sp³-hybridized carbons (Fsp3) is 0.800. The molecule has 3 heteroatoms. The largest absolute Gasteiger partial charge is 0.296 e. The Hall–Kier alpha value is -0.860. The van der Waals surface area contributed by atoms with E-state index in [-0.39, 0.29) is 17.2 Å². The third kappa shape index (κ3) is 1.26. The monoisotopic (exact) mass is 181 g/mol. The summed E-state index contributed by atoms with van der Waals surface area (Å²) in [5.74, 6) is 0.158. The molecule has 0 aromatic carbocycles. The first-order valence-corrected chi connectivity index (χ1v) is 4.97. The standard InChI is InChI=1S/C10H15NO2/c1-10-5-3-2-4-7(10)6-8(12)11-9(10)13/h7H,2-6H2,1H3,(H,11,12,13)/t7-,10+/m1/s1. The number of hydrogen-bond donors (Lipinski definition) is 1. The second-order valence-corrected chi connectivity index (χ2v) is 4.44. The zero-order chi connectivity index (χ0) is 9.47. The fourth-order valence-electron chi connectivity index (χ4n) is 2.58. The summed E-state index contributed by atoms with van der Waals surface area (Å²) in [5.41, 5.74) is -0.258. The van der Waals surface area contributed by atoms with Crippen LogP contribution in [-0.4, -0.2) is 11.8 Å². The van der Waals surface area contributed by atoms with Crippen molar-refractivity contribution in [2.75, 3.05) is 0 Å². The van der Waals surface area contributed by atoms with Crippen molar-refractivity contribution in [1.29, 1.82) is 0 Å². The highest BCUT2D eigenvalue weighted by molar-refractivity contribution is 6.00. The van der Waals surface area contributed by atoms with Gasteiger partial charge in [0.25, 0.3) is 0 Å². The lowest BCUT2D eigenvalue weighted by atomic mass is 9.64. The average Bonchev–Trinajstić information content (AvgIpc) is 2.07. The minimum atomic E-state index is -0.258. The average molecular weight is 181 g/mol. The van der Waals surface area contributed by atoms with Crippen molar-refractivity contribution in [1.82, 2.24) is 5.32 Å². The highest BCUT2D eigenvalue weighted by atomic mass is 16.2. The minimum Gasteiger partial charge on any atom is -0.296 e. The van der Waals surface area contributed by atoms with Gasteiger partial charge in [0, 0.05) is 6.42 Å². The van der Waals surface area contributed by atoms with E-state index >= 15 is 0 Å². The van der Waals surface area contributed by atoms with Gasteiger partial charge in [-0.2, -0.15) is 0 Å². The number of hydrogen-bond acceptors (Lipinski definition) is 2. The van der Waals surface area contributed by atoms with Crippen LogP contribution in [0.2, 0.25) is 0 Å². The summed E-state index contributed by atoms with van der Waals surface area (Å²) < 4.78 is 0. The maximum absolute atomic E-state index is 11.6. The van der Waals surface area contributed by atoms with Crippen LogP contribution in [0.1, 0.15) is 39.0 Å². The summed E-state index contributed by atoms with van der Waals surface area (Å²) in [6.45, 7) is 2.00. The first-order chi connectivity index (χ1) is 6.13. The number of piperidine rings is 1. The minimum absolute atomic E-state index is 0.0477. The smallest absolute Gasteiger partial charge is 0.232 e. The highest BCUT2D eigenvalue weighted by Crippen LogP contribution is 2.44. The van der Waals surface area contributed by atoms with E-state index in [4.69, 9.17) is 0 Å². The molecule has 0 aromatic heterocycles. The SMILES string of the molecule is C[C@]12CCCC[C@@H]1CC(=O)NC2=O. The van der Waals surface area contributed by atoms with Crippen LogP contribution in [-0.2, 0) is 9.59 Å². The van der Waals surface area contributed by atoms with E-state index in [0.29, 0.717) is 12.3 Å². The van der Waals surface area contributed by atoms with Crippen LogP contribution >= 0.6 is 0 Å². The molecule has 72 valence electrons. The maximum Gasteiger partial charge on any atom is 0.232 e. The van der Waals surface area contributed by atoms with Crippen molar-refractivity contribution in [2.24, 2.45) is 11.3 Å². The predicted octanol–water partition coefficient (Wildman–Crippen LogP) is 1.23. The van der Waals surface area contributed by atoms with Gasteiger partial charge in [0.15, 0.2) is 0 Å². The molecule has 1 aliphatic heterocycles. The molecule has 1 saturated carbocycles. The fourth-order valence-corrected chi connectivity index (χ4v) is 2.58. The number of carbonyl (C=O) groups is 2. The van der Waals surface area contributed by atoms with Gasteiger partial charge in [0.2, 0.25) is 11.8 Å². The van der Waals surface area contributed by atoms with Crippen molar-refractivity contribution in [2.45, 2.75) is 39.0 Å². The quantitative estimate of drug-likeness (QED) is 0.571. The Morgan fingerprint density at radius 3 is 2.92 bits per heavy atom. The second-order valence-electron chi connectivity index (χ2n) is 4.44. The van der Waals surface area contributed by atoms with Crippen LogP contribution in [0.15, 0.2) is 0 Å². The van der Waals surface area contributed by atoms with Gasteiger partial charge in [-0.3, -0.25) is 14.9 Å². The van der Waals surface area contributed by atoms with Crippen LogP contribution in [0.25, 0.3) is 0 Å². The van der Waals surface area contributed by atoms with E-state index in [1.165, 1.54) is 6.42 Å². The van der Waals surface area contributed by atoms with Gasteiger partial charge >= 0.3 is 0 Å². The lowest BCUT2D eigenvalue weighted by Gasteiger charge is -2.42. The number of amides is 2. The molecule has 0 radical (unpaired) electrons. The van der Waals surface area contributed by atoms with Crippen LogP contribution in [0.4, 0.5) is 0 Å². The van der Waals surface area contributed by atoms with E-state index in [1.807, 2.05) is 6.92 Å². The van der Waals surface area contributed by atoms with Crippen molar-refractivity contribution in [3.63, 3.8) is 0 Å². The Morgan fingerprint density at radius 1 is 1.38 bits per heavy atom. The van der Waals surface area contributed by atoms with Gasteiger partial charge in [-0.1, -0.05) is 19.8 Å². The van der Waals surface area contributed by atoms with Crippen LogP contribution in [0, 0.1) is 11.3 Å². The lowest BCUT2D eigenvalue weighted by molar-refractivity contribution is -0.147. The predicted molar refractivity (Wildman–Crippen MR) is 47.8 cm³/mol. The topological polar surface area (TPSA) is 46.2 Å². The number of rotatable bonds is 0. The zero-order valence-electron chi connectivity index (χ0n) is 7.93. The summed E-state index contributed by atoms with van der Waals surface area (Å²) >= 11 is 0. The maximum atomic E-state index is 11.6. The molecule has 2 fully saturated rings. The van der Waals surface area contributed by atoms with Crippen LogP contribution in [0.3, 0.4) is 0 Å². The van der Waals surface area contributed by atoms with Crippen LogP contribution in [0.5, 0.6) is 0 Å². The molecule has 2 amide bonds. The summed E-state index contributed by atoms with van der Waals surface area (Å²) in [7, 11) is 0. The number of nitrogens with one attached hydrogen (secondary N) is 1. The molecule has 2 aliphatic rings. The van der Waals surface area contributed by atoms with E-state index in [9.17, 15) is 9.59 Å². The Morgan fingerprint density at radius 2 is 2.15 bits per heavy atom. The first-order valence-electron chi connectivity index (χ1n) is 4.97. The summed E-state index contributed by atoms with van der Waals surface area (Å²) in [6, 6.07) is 0. The molecule has 2 atom stereocenters. The lowest BCUT2D eigenvalue weighted by Crippen LogP contribution is -2.53. The third-order valence-electron chi connectivity index (χ3n) is 3.60. The molecular weight excluding hydrogens is 166 g/mol. The molecule has 0 aromatic rings. The van der Waals surface area contributed by atoms with E-state index in [2.05, 4.69) is 5.32 Å². The summed E-state index contributed by atoms with van der Waals surface area (Å²) in [4.78, 5) is 22.8. The number of carbonyl (C=O) groups excluding carboxylic acids is 2. The van der Waals surface area contributed by atoms with Gasteiger partial charge < -0.3 is 0 Å². The molecule has 1 saturated heterocycles. The van der Waals surface area contributed by atoms with E-state index in [1.54, 1.807) is 0 Å². The summed E-state index contributed by atoms with van der Waals surface area (Å²) in [6.07, 6.45) is 4.81. The Balaban J connectivity index is 2.25.